The van der Waals surface area contributed by atoms with Crippen LogP contribution < -0.4 is 5.73 Å². The van der Waals surface area contributed by atoms with Crippen molar-refractivity contribution in [1.29, 1.82) is 0 Å². The fraction of sp³-hybridized carbons (Fsp3) is 0.714. The van der Waals surface area contributed by atoms with E-state index in [4.69, 9.17) is 10.9 Å². The van der Waals surface area contributed by atoms with Gasteiger partial charge in [-0.3, -0.25) is 9.58 Å². The fourth-order valence-electron chi connectivity index (χ4n) is 3.04. The molecule has 2 rings (SSSR count). The molecule has 1 fully saturated rings. The summed E-state index contributed by atoms with van der Waals surface area (Å²) in [6.45, 7) is 6.18. The van der Waals surface area contributed by atoms with Crippen LogP contribution in [0, 0.1) is 6.92 Å². The summed E-state index contributed by atoms with van der Waals surface area (Å²) in [5, 5.41) is 16.5. The van der Waals surface area contributed by atoms with Gasteiger partial charge in [0.1, 0.15) is 0 Å². The molecule has 0 radical (unpaired) electrons. The Balaban J connectivity index is 2.21. The van der Waals surface area contributed by atoms with Gasteiger partial charge in [0.25, 0.3) is 0 Å². The molecule has 0 aliphatic heterocycles. The third-order valence-electron chi connectivity index (χ3n) is 4.14. The molecule has 0 amide bonds. The van der Waals surface area contributed by atoms with Gasteiger partial charge >= 0.3 is 0 Å². The molecule has 1 aromatic heterocycles. The van der Waals surface area contributed by atoms with Crippen LogP contribution in [0.3, 0.4) is 0 Å². The lowest BCUT2D eigenvalue weighted by molar-refractivity contribution is 0.207. The molecular formula is C14H24BrN5O. The summed E-state index contributed by atoms with van der Waals surface area (Å²) >= 11 is 3.64. The van der Waals surface area contributed by atoms with Crippen molar-refractivity contribution in [3.05, 3.63) is 15.9 Å². The molecule has 0 saturated heterocycles. The summed E-state index contributed by atoms with van der Waals surface area (Å²) in [7, 11) is 0. The normalized spacial score (nSPS) is 17.0. The van der Waals surface area contributed by atoms with Crippen LogP contribution in [0.1, 0.15) is 44.0 Å². The summed E-state index contributed by atoms with van der Waals surface area (Å²) in [6, 6.07) is 0.498. The van der Waals surface area contributed by atoms with Crippen molar-refractivity contribution in [3.63, 3.8) is 0 Å². The topological polar surface area (TPSA) is 79.7 Å². The predicted molar refractivity (Wildman–Crippen MR) is 86.4 cm³/mol. The molecule has 0 aromatic carbocycles. The second-order valence-corrected chi connectivity index (χ2v) is 6.39. The van der Waals surface area contributed by atoms with Crippen LogP contribution in [-0.2, 0) is 13.1 Å². The summed E-state index contributed by atoms with van der Waals surface area (Å²) in [5.74, 6) is 0.261. The average Bonchev–Trinajstić information content (AvgIpc) is 3.09. The minimum atomic E-state index is 0.261. The first-order valence-corrected chi connectivity index (χ1v) is 8.28. The first-order chi connectivity index (χ1) is 10.1. The van der Waals surface area contributed by atoms with Crippen LogP contribution in [0.25, 0.3) is 0 Å². The largest absolute Gasteiger partial charge is 0.409 e. The van der Waals surface area contributed by atoms with Gasteiger partial charge in [-0.05, 0) is 42.6 Å². The molecule has 118 valence electrons. The third kappa shape index (κ3) is 3.77. The highest BCUT2D eigenvalue weighted by atomic mass is 79.9. The molecule has 0 atom stereocenters. The highest BCUT2D eigenvalue weighted by molar-refractivity contribution is 9.10. The lowest BCUT2D eigenvalue weighted by Crippen LogP contribution is -2.40. The molecule has 6 nitrogen and oxygen atoms in total. The number of halogens is 1. The molecule has 0 spiro atoms. The second-order valence-electron chi connectivity index (χ2n) is 5.60. The summed E-state index contributed by atoms with van der Waals surface area (Å²) in [6.07, 6.45) is 4.86. The quantitative estimate of drug-likeness (QED) is 0.354. The van der Waals surface area contributed by atoms with E-state index in [9.17, 15) is 0 Å². The van der Waals surface area contributed by atoms with Crippen LogP contribution in [0.4, 0.5) is 0 Å². The monoisotopic (exact) mass is 357 g/mol. The van der Waals surface area contributed by atoms with Gasteiger partial charge in [0, 0.05) is 19.1 Å². The maximum absolute atomic E-state index is 8.86. The van der Waals surface area contributed by atoms with E-state index in [-0.39, 0.29) is 5.84 Å². The van der Waals surface area contributed by atoms with Gasteiger partial charge in [-0.2, -0.15) is 5.10 Å². The van der Waals surface area contributed by atoms with Crippen LogP contribution in [0.5, 0.6) is 0 Å². The van der Waals surface area contributed by atoms with E-state index in [1.165, 1.54) is 25.7 Å². The Kier molecular flexibility index (Phi) is 5.64. The van der Waals surface area contributed by atoms with Crippen molar-refractivity contribution < 1.29 is 5.21 Å². The lowest BCUT2D eigenvalue weighted by atomic mass is 10.2. The number of oxime groups is 1. The molecule has 1 aromatic rings. The Hall–Kier alpha value is -1.08. The van der Waals surface area contributed by atoms with Crippen LogP contribution in [0.15, 0.2) is 9.63 Å². The van der Waals surface area contributed by atoms with Crippen molar-refractivity contribution in [2.45, 2.75) is 58.7 Å². The Labute approximate surface area is 134 Å². The van der Waals surface area contributed by atoms with E-state index in [0.29, 0.717) is 12.6 Å². The minimum absolute atomic E-state index is 0.261. The van der Waals surface area contributed by atoms with Crippen molar-refractivity contribution in [2.75, 3.05) is 6.54 Å². The average molecular weight is 358 g/mol. The number of nitrogens with zero attached hydrogens (tertiary/aromatic N) is 4. The van der Waals surface area contributed by atoms with E-state index in [1.54, 1.807) is 0 Å². The van der Waals surface area contributed by atoms with Crippen LogP contribution in [0.2, 0.25) is 0 Å². The van der Waals surface area contributed by atoms with E-state index in [2.05, 4.69) is 38.0 Å². The first kappa shape index (κ1) is 16.3. The molecule has 0 unspecified atom stereocenters. The zero-order valence-electron chi connectivity index (χ0n) is 12.7. The summed E-state index contributed by atoms with van der Waals surface area (Å²) in [5.41, 5.74) is 7.89. The zero-order valence-corrected chi connectivity index (χ0v) is 14.3. The van der Waals surface area contributed by atoms with Gasteiger partial charge in [-0.15, -0.1) is 0 Å². The first-order valence-electron chi connectivity index (χ1n) is 7.49. The molecule has 1 aliphatic rings. The highest BCUT2D eigenvalue weighted by Crippen LogP contribution is 2.28. The van der Waals surface area contributed by atoms with Gasteiger partial charge in [-0.25, -0.2) is 0 Å². The Bertz CT molecular complexity index is 508. The standard InChI is InChI=1S/C14H24BrN5O/c1-3-20-12(14(15)10(2)17-20)8-19(9-13(16)18-21)11-6-4-5-7-11/h11,21H,3-9H2,1-2H3,(H2,16,18). The van der Waals surface area contributed by atoms with Gasteiger partial charge in [-0.1, -0.05) is 18.0 Å². The van der Waals surface area contributed by atoms with Gasteiger partial charge in [0.2, 0.25) is 0 Å². The Morgan fingerprint density at radius 1 is 1.52 bits per heavy atom. The van der Waals surface area contributed by atoms with E-state index in [1.807, 2.05) is 11.6 Å². The fourth-order valence-corrected chi connectivity index (χ4v) is 3.44. The molecule has 21 heavy (non-hydrogen) atoms. The summed E-state index contributed by atoms with van der Waals surface area (Å²) in [4.78, 5) is 2.30. The predicted octanol–water partition coefficient (Wildman–Crippen LogP) is 2.46. The molecule has 0 bridgehead atoms. The van der Waals surface area contributed by atoms with Crippen molar-refractivity contribution in [1.82, 2.24) is 14.7 Å². The van der Waals surface area contributed by atoms with Gasteiger partial charge < -0.3 is 10.9 Å². The van der Waals surface area contributed by atoms with E-state index in [0.717, 1.165) is 29.0 Å². The number of aryl methyl sites for hydroxylation is 2. The number of nitrogens with two attached hydrogens (primary N) is 1. The molecule has 1 saturated carbocycles. The van der Waals surface area contributed by atoms with Crippen LogP contribution >= 0.6 is 15.9 Å². The zero-order chi connectivity index (χ0) is 15.4. The number of amidine groups is 1. The maximum atomic E-state index is 8.86. The minimum Gasteiger partial charge on any atom is -0.409 e. The maximum Gasteiger partial charge on any atom is 0.153 e. The lowest BCUT2D eigenvalue weighted by Gasteiger charge is -2.28. The van der Waals surface area contributed by atoms with E-state index >= 15 is 0 Å². The highest BCUT2D eigenvalue weighted by Gasteiger charge is 2.26. The molecular weight excluding hydrogens is 334 g/mol. The molecule has 7 heteroatoms. The second kappa shape index (κ2) is 7.26. The smallest absolute Gasteiger partial charge is 0.153 e. The Morgan fingerprint density at radius 3 is 2.76 bits per heavy atom. The van der Waals surface area contributed by atoms with Gasteiger partial charge in [0.05, 0.1) is 22.4 Å². The molecule has 1 aliphatic carbocycles. The molecule has 3 N–H and O–H groups in total. The molecule has 1 heterocycles. The third-order valence-corrected chi connectivity index (χ3v) is 5.17. The van der Waals surface area contributed by atoms with Gasteiger partial charge in [0.15, 0.2) is 5.84 Å². The SMILES string of the molecule is CCn1nc(C)c(Br)c1CN(CC(N)=NO)C1CCCC1. The number of rotatable bonds is 6. The van der Waals surface area contributed by atoms with Crippen molar-refractivity contribution >= 4 is 21.8 Å². The number of hydrogen-bond donors (Lipinski definition) is 2. The van der Waals surface area contributed by atoms with Crippen molar-refractivity contribution in [2.24, 2.45) is 10.9 Å². The summed E-state index contributed by atoms with van der Waals surface area (Å²) < 4.78 is 3.08. The van der Waals surface area contributed by atoms with Crippen molar-refractivity contribution in [3.8, 4) is 0 Å². The van der Waals surface area contributed by atoms with E-state index < -0.39 is 0 Å². The Morgan fingerprint density at radius 2 is 2.19 bits per heavy atom. The number of aromatic nitrogens is 2. The number of hydrogen-bond acceptors (Lipinski definition) is 4. The van der Waals surface area contributed by atoms with Crippen LogP contribution in [-0.4, -0.2) is 38.3 Å².